The lowest BCUT2D eigenvalue weighted by Gasteiger charge is -2.62. The molecule has 5 aliphatic rings. The number of rotatable bonds is 5. The highest BCUT2D eigenvalue weighted by atomic mass is 35.5. The predicted molar refractivity (Wildman–Crippen MR) is 168 cm³/mol. The second kappa shape index (κ2) is 8.53. The molecule has 3 aromatic carbocycles. The summed E-state index contributed by atoms with van der Waals surface area (Å²) in [6.07, 6.45) is 0. The first-order valence-corrected chi connectivity index (χ1v) is 15.7. The molecule has 8 rings (SSSR count). The van der Waals surface area contributed by atoms with Crippen LogP contribution in [0.4, 0.5) is 0 Å². The Bertz CT molecular complexity index is 1720. The SMILES string of the molecule is COC1(OC)[C@@]2(Cl)C(Cl)=C(Cl)[C@@]1(Cl)[C@@H]1[C@@H]3[C@H]([C@H]12)[C@@]1(C)C(=O)[C@@]3(c2ccccc2)C(c2ccccc2)=C1c1ccccc1. The predicted octanol–water partition coefficient (Wildman–Crippen LogP) is 8.28. The van der Waals surface area contributed by atoms with Gasteiger partial charge in [-0.2, -0.15) is 0 Å². The lowest BCUT2D eigenvalue weighted by atomic mass is 9.41. The highest BCUT2D eigenvalue weighted by molar-refractivity contribution is 6.52. The highest BCUT2D eigenvalue weighted by Crippen LogP contribution is 2.90. The molecule has 3 fully saturated rings. The van der Waals surface area contributed by atoms with E-state index in [1.165, 1.54) is 14.2 Å². The maximum atomic E-state index is 15.5. The van der Waals surface area contributed by atoms with Crippen molar-refractivity contribution in [3.8, 4) is 0 Å². The molecule has 0 amide bonds. The lowest BCUT2D eigenvalue weighted by Crippen LogP contribution is -2.63. The van der Waals surface area contributed by atoms with Gasteiger partial charge in [-0.25, -0.2) is 0 Å². The number of ketones is 1. The number of methoxy groups -OCH3 is 2. The van der Waals surface area contributed by atoms with Crippen LogP contribution in [0, 0.1) is 29.1 Å². The molecule has 214 valence electrons. The van der Waals surface area contributed by atoms with Gasteiger partial charge >= 0.3 is 0 Å². The molecule has 4 bridgehead atoms. The van der Waals surface area contributed by atoms with Crippen molar-refractivity contribution in [3.63, 3.8) is 0 Å². The van der Waals surface area contributed by atoms with Gasteiger partial charge in [0.2, 0.25) is 5.79 Å². The number of hydrogen-bond acceptors (Lipinski definition) is 3. The Morgan fingerprint density at radius 3 is 1.52 bits per heavy atom. The first-order chi connectivity index (χ1) is 20.1. The molecule has 3 aromatic rings. The molecule has 3 saturated carbocycles. The third kappa shape index (κ3) is 2.49. The topological polar surface area (TPSA) is 35.5 Å². The summed E-state index contributed by atoms with van der Waals surface area (Å²) in [5.74, 6) is -2.46. The monoisotopic (exact) mass is 636 g/mol. The molecule has 8 atom stereocenters. The van der Waals surface area contributed by atoms with Crippen molar-refractivity contribution < 1.29 is 14.3 Å². The van der Waals surface area contributed by atoms with Crippen LogP contribution in [0.3, 0.4) is 0 Å². The van der Waals surface area contributed by atoms with E-state index in [9.17, 15) is 0 Å². The quantitative estimate of drug-likeness (QED) is 0.209. The first kappa shape index (κ1) is 27.4. The number of alkyl halides is 2. The van der Waals surface area contributed by atoms with Crippen molar-refractivity contribution in [1.29, 1.82) is 0 Å². The van der Waals surface area contributed by atoms with Crippen LogP contribution in [0.5, 0.6) is 0 Å². The van der Waals surface area contributed by atoms with Crippen LogP contribution in [-0.2, 0) is 19.7 Å². The zero-order valence-corrected chi connectivity index (χ0v) is 26.2. The molecule has 7 heteroatoms. The van der Waals surface area contributed by atoms with E-state index in [1.54, 1.807) is 0 Å². The summed E-state index contributed by atoms with van der Waals surface area (Å²) in [6.45, 7) is 2.10. The van der Waals surface area contributed by atoms with Gasteiger partial charge in [-0.3, -0.25) is 4.79 Å². The molecule has 5 aliphatic carbocycles. The van der Waals surface area contributed by atoms with Crippen LogP contribution in [0.1, 0.15) is 23.6 Å². The van der Waals surface area contributed by atoms with Crippen molar-refractivity contribution in [3.05, 3.63) is 118 Å². The molecule has 0 spiro atoms. The number of fused-ring (bicyclic) bond motifs is 12. The fourth-order valence-corrected chi connectivity index (χ4v) is 12.5. The smallest absolute Gasteiger partial charge is 0.217 e. The molecule has 42 heavy (non-hydrogen) atoms. The zero-order chi connectivity index (χ0) is 29.4. The van der Waals surface area contributed by atoms with Crippen molar-refractivity contribution in [2.24, 2.45) is 29.1 Å². The van der Waals surface area contributed by atoms with Gasteiger partial charge in [-0.05, 0) is 58.4 Å². The molecule has 3 nitrogen and oxygen atoms in total. The second-order valence-electron chi connectivity index (χ2n) is 12.4. The van der Waals surface area contributed by atoms with Crippen molar-refractivity contribution >= 4 is 63.3 Å². The number of hydrogen-bond donors (Lipinski definition) is 0. The third-order valence-corrected chi connectivity index (χ3v) is 14.0. The van der Waals surface area contributed by atoms with Gasteiger partial charge in [0.05, 0.1) is 20.9 Å². The van der Waals surface area contributed by atoms with Gasteiger partial charge in [-0.15, -0.1) is 23.2 Å². The van der Waals surface area contributed by atoms with E-state index in [0.29, 0.717) is 0 Å². The van der Waals surface area contributed by atoms with Gasteiger partial charge in [0.15, 0.2) is 5.78 Å². The fraction of sp³-hybridized carbons (Fsp3) is 0.343. The molecule has 0 aliphatic heterocycles. The number of allylic oxidation sites excluding steroid dienone is 2. The minimum absolute atomic E-state index is 0.163. The van der Waals surface area contributed by atoms with Crippen LogP contribution >= 0.6 is 46.4 Å². The molecular weight excluding hydrogens is 610 g/mol. The second-order valence-corrected chi connectivity index (χ2v) is 14.3. The van der Waals surface area contributed by atoms with Gasteiger partial charge in [0.25, 0.3) is 0 Å². The Hall–Kier alpha value is -2.11. The van der Waals surface area contributed by atoms with Crippen LogP contribution in [-0.4, -0.2) is 35.5 Å². The van der Waals surface area contributed by atoms with E-state index in [1.807, 2.05) is 54.6 Å². The Morgan fingerprint density at radius 1 is 0.619 bits per heavy atom. The van der Waals surface area contributed by atoms with Crippen LogP contribution < -0.4 is 0 Å². The summed E-state index contributed by atoms with van der Waals surface area (Å²) in [6, 6.07) is 30.6. The van der Waals surface area contributed by atoms with Gasteiger partial charge < -0.3 is 9.47 Å². The number of carbonyl (C=O) groups excluding carboxylic acids is 1. The van der Waals surface area contributed by atoms with E-state index in [4.69, 9.17) is 55.9 Å². The Labute approximate surface area is 265 Å². The lowest BCUT2D eigenvalue weighted by molar-refractivity contribution is -0.219. The summed E-state index contributed by atoms with van der Waals surface area (Å²) < 4.78 is 12.3. The van der Waals surface area contributed by atoms with E-state index < -0.39 is 26.4 Å². The number of benzene rings is 3. The summed E-state index contributed by atoms with van der Waals surface area (Å²) in [5.41, 5.74) is 3.11. The molecule has 0 N–H and O–H groups in total. The molecule has 0 radical (unpaired) electrons. The maximum absolute atomic E-state index is 15.5. The fourth-order valence-electron chi connectivity index (χ4n) is 10.2. The van der Waals surface area contributed by atoms with Crippen LogP contribution in [0.15, 0.2) is 101 Å². The number of ether oxygens (including phenoxy) is 2. The summed E-state index contributed by atoms with van der Waals surface area (Å²) in [5, 5.41) is 0.478. The van der Waals surface area contributed by atoms with Crippen molar-refractivity contribution in [1.82, 2.24) is 0 Å². The average Bonchev–Trinajstić information content (AvgIpc) is 3.42. The molecule has 0 unspecified atom stereocenters. The van der Waals surface area contributed by atoms with E-state index in [-0.39, 0.29) is 39.5 Å². The molecular formula is C35H28Cl4O3. The van der Waals surface area contributed by atoms with Gasteiger partial charge in [-0.1, -0.05) is 114 Å². The van der Waals surface area contributed by atoms with Crippen molar-refractivity contribution in [2.45, 2.75) is 27.9 Å². The average molecular weight is 638 g/mol. The third-order valence-electron chi connectivity index (χ3n) is 11.3. The van der Waals surface area contributed by atoms with E-state index >= 15 is 4.79 Å². The zero-order valence-electron chi connectivity index (χ0n) is 23.2. The first-order valence-electron chi connectivity index (χ1n) is 14.2. The Balaban J connectivity index is 1.51. The Morgan fingerprint density at radius 2 is 1.05 bits per heavy atom. The number of halogens is 4. The van der Waals surface area contributed by atoms with E-state index in [2.05, 4.69) is 43.3 Å². The summed E-state index contributed by atoms with van der Waals surface area (Å²) >= 11 is 29.4. The minimum atomic E-state index is -1.52. The van der Waals surface area contributed by atoms with E-state index in [0.717, 1.165) is 27.8 Å². The minimum Gasteiger partial charge on any atom is -0.350 e. The molecule has 0 saturated heterocycles. The largest absolute Gasteiger partial charge is 0.350 e. The van der Waals surface area contributed by atoms with Crippen LogP contribution in [0.2, 0.25) is 0 Å². The number of carbonyl (C=O) groups is 1. The Kier molecular flexibility index (Phi) is 5.57. The van der Waals surface area contributed by atoms with Crippen LogP contribution in [0.25, 0.3) is 11.1 Å². The highest BCUT2D eigenvalue weighted by Gasteiger charge is 2.96. The maximum Gasteiger partial charge on any atom is 0.217 e. The standard InChI is InChI=1S/C35H28Cl4O3/c1-31-22(19-13-7-4-8-14-19)23(20-15-9-5-10-16-20)32(30(31)40,21-17-11-6-12-18-21)25-24(31)26-27(25)34(39)29(37)28(36)33(26,38)35(34,41-2)42-3/h4-18,24-27H,1-3H3/t24-,25+,26-,27-,31+,32+,33+,34+/m1/s1. The summed E-state index contributed by atoms with van der Waals surface area (Å²) in [4.78, 5) is 12.7. The van der Waals surface area contributed by atoms with Crippen molar-refractivity contribution in [2.75, 3.05) is 14.2 Å². The van der Waals surface area contributed by atoms with Gasteiger partial charge in [0.1, 0.15) is 9.75 Å². The molecule has 0 aromatic heterocycles. The number of Topliss-reactive ketones (excluding diaryl/α,β-unsaturated/α-hetero) is 1. The molecule has 0 heterocycles. The summed E-state index contributed by atoms with van der Waals surface area (Å²) in [7, 11) is 3.07. The normalized spacial score (nSPS) is 40.4. The van der Waals surface area contributed by atoms with Gasteiger partial charge in [0, 0.05) is 14.2 Å².